The number of carbonyl (C=O) groups excluding carboxylic acids is 8. The largest absolute Gasteiger partial charge is 0.458 e. The van der Waals surface area contributed by atoms with Crippen LogP contribution >= 0.6 is 0 Å². The van der Waals surface area contributed by atoms with Crippen molar-refractivity contribution in [1.29, 1.82) is 0 Å². The quantitative estimate of drug-likeness (QED) is 0.212. The molecule has 296 valence electrons. The second kappa shape index (κ2) is 15.2. The van der Waals surface area contributed by atoms with E-state index in [0.717, 1.165) is 47.6 Å². The van der Waals surface area contributed by atoms with Crippen molar-refractivity contribution in [1.82, 2.24) is 0 Å². The van der Waals surface area contributed by atoms with E-state index in [0.29, 0.717) is 0 Å². The van der Waals surface area contributed by atoms with E-state index in [1.807, 2.05) is 0 Å². The monoisotopic (exact) mass is 754 g/mol. The number of aliphatic hydroxyl groups is 2. The Morgan fingerprint density at radius 2 is 1.26 bits per heavy atom. The van der Waals surface area contributed by atoms with E-state index in [9.17, 15) is 48.6 Å². The van der Waals surface area contributed by atoms with Crippen molar-refractivity contribution in [2.45, 2.75) is 148 Å². The fraction of sp³-hybridized carbons (Fsp3) is 0.722. The van der Waals surface area contributed by atoms with Crippen LogP contribution in [0.1, 0.15) is 95.4 Å². The second-order valence-corrected chi connectivity index (χ2v) is 15.3. The highest BCUT2D eigenvalue weighted by atomic mass is 16.7. The molecule has 1 aliphatic heterocycles. The molecule has 53 heavy (non-hydrogen) atoms. The summed E-state index contributed by atoms with van der Waals surface area (Å²) >= 11 is 0. The lowest BCUT2D eigenvalue weighted by atomic mass is 9.66. The number of carbonyl (C=O) groups is 8. The van der Waals surface area contributed by atoms with Gasteiger partial charge in [-0.2, -0.15) is 0 Å². The van der Waals surface area contributed by atoms with Gasteiger partial charge in [0.15, 0.2) is 41.9 Å². The summed E-state index contributed by atoms with van der Waals surface area (Å²) in [5, 5.41) is 24.5. The van der Waals surface area contributed by atoms with Gasteiger partial charge in [0.1, 0.15) is 16.8 Å². The van der Waals surface area contributed by atoms with Crippen LogP contribution in [0.5, 0.6) is 0 Å². The number of hydrogen-bond acceptors (Lipinski definition) is 17. The van der Waals surface area contributed by atoms with Gasteiger partial charge in [0, 0.05) is 59.3 Å². The Kier molecular flexibility index (Phi) is 12.3. The molecule has 2 fully saturated rings. The third kappa shape index (κ3) is 8.72. The number of hydrogen-bond donors (Lipinski definition) is 2. The zero-order valence-corrected chi connectivity index (χ0v) is 31.8. The molecule has 2 N–H and O–H groups in total. The molecule has 0 spiro atoms. The van der Waals surface area contributed by atoms with E-state index >= 15 is 0 Å². The number of ether oxygens (including phenoxy) is 7. The van der Waals surface area contributed by atoms with Crippen molar-refractivity contribution in [3.63, 3.8) is 0 Å². The van der Waals surface area contributed by atoms with Gasteiger partial charge < -0.3 is 43.4 Å². The average molecular weight is 755 g/mol. The van der Waals surface area contributed by atoms with Crippen molar-refractivity contribution >= 4 is 47.6 Å². The van der Waals surface area contributed by atoms with E-state index in [-0.39, 0.29) is 0 Å². The number of Topliss-reactive ketones (excluding diaryl/α,β-unsaturated/α-hetero) is 1. The molecule has 0 amide bonds. The third-order valence-electron chi connectivity index (χ3n) is 9.70. The van der Waals surface area contributed by atoms with E-state index in [1.165, 1.54) is 40.7 Å². The Morgan fingerprint density at radius 1 is 0.736 bits per heavy atom. The Morgan fingerprint density at radius 3 is 1.75 bits per heavy atom. The molecule has 0 unspecified atom stereocenters. The van der Waals surface area contributed by atoms with E-state index in [1.54, 1.807) is 0 Å². The van der Waals surface area contributed by atoms with Crippen LogP contribution in [0.25, 0.3) is 0 Å². The first-order valence-corrected chi connectivity index (χ1v) is 17.1. The fourth-order valence-corrected chi connectivity index (χ4v) is 7.67. The van der Waals surface area contributed by atoms with Gasteiger partial charge in [0.2, 0.25) is 0 Å². The lowest BCUT2D eigenvalue weighted by molar-refractivity contribution is -0.272. The molecule has 1 saturated heterocycles. The minimum absolute atomic E-state index is 0.552. The Bertz CT molecular complexity index is 1560. The lowest BCUT2D eigenvalue weighted by Gasteiger charge is -2.53. The molecule has 1 heterocycles. The number of rotatable bonds is 7. The highest BCUT2D eigenvalue weighted by Crippen LogP contribution is 2.56. The van der Waals surface area contributed by atoms with Crippen LogP contribution in [0.4, 0.5) is 0 Å². The number of fused-ring (bicyclic) bond motifs is 3. The van der Waals surface area contributed by atoms with Crippen LogP contribution in [0.15, 0.2) is 12.2 Å². The summed E-state index contributed by atoms with van der Waals surface area (Å²) in [5.74, 6) is -11.2. The lowest BCUT2D eigenvalue weighted by Crippen LogP contribution is -2.72. The smallest absolute Gasteiger partial charge is 0.308 e. The molecule has 17 nitrogen and oxygen atoms in total. The second-order valence-electron chi connectivity index (χ2n) is 15.3. The molecule has 3 aliphatic rings. The first-order valence-electron chi connectivity index (χ1n) is 17.1. The average Bonchev–Trinajstić information content (AvgIpc) is 3.20. The zero-order chi connectivity index (χ0) is 40.6. The molecular weight excluding hydrogens is 704 g/mol. The van der Waals surface area contributed by atoms with Crippen LogP contribution in [0.3, 0.4) is 0 Å². The maximum atomic E-state index is 14.7. The van der Waals surface area contributed by atoms with E-state index in [2.05, 4.69) is 0 Å². The Balaban J connectivity index is 2.70. The summed E-state index contributed by atoms with van der Waals surface area (Å²) in [6, 6.07) is 0. The van der Waals surface area contributed by atoms with Gasteiger partial charge in [0.25, 0.3) is 0 Å². The van der Waals surface area contributed by atoms with Gasteiger partial charge in [-0.25, -0.2) is 0 Å². The topological polar surface area (TPSA) is 242 Å². The highest BCUT2D eigenvalue weighted by molar-refractivity contribution is 5.97. The standard InChI is InChI=1S/C36H50O17/c1-17(2)30(43)51-29-25(47-18(3)37)28(49-20(5)39)32(8,9)14-15-33(10,45)31(44)35(46)16-34(11,52-21(6)40)26(48-19(4)38)24(35)27-36(29,53-22(7)41)13-12-23(42)50-27/h14-15,17,24-29,45-46H,12-13,16H2,1-11H3/t24-,25+,26-,27-,28-,29-,33-,34-,35-,36+/m1/s1. The molecule has 0 bridgehead atoms. The van der Waals surface area contributed by atoms with Crippen LogP contribution in [-0.4, -0.2) is 111 Å². The third-order valence-corrected chi connectivity index (χ3v) is 9.70. The van der Waals surface area contributed by atoms with Crippen molar-refractivity contribution in [3.8, 4) is 0 Å². The van der Waals surface area contributed by atoms with Gasteiger partial charge >= 0.3 is 41.8 Å². The normalized spacial score (nSPS) is 36.6. The van der Waals surface area contributed by atoms with Gasteiger partial charge in [-0.3, -0.25) is 38.4 Å². The fourth-order valence-electron chi connectivity index (χ4n) is 7.67. The Labute approximate surface area is 306 Å². The first-order chi connectivity index (χ1) is 24.1. The summed E-state index contributed by atoms with van der Waals surface area (Å²) < 4.78 is 40.8. The molecule has 0 radical (unpaired) electrons. The van der Waals surface area contributed by atoms with Gasteiger partial charge in [-0.05, 0) is 19.9 Å². The van der Waals surface area contributed by atoms with Crippen LogP contribution in [0.2, 0.25) is 0 Å². The first kappa shape index (κ1) is 43.0. The summed E-state index contributed by atoms with van der Waals surface area (Å²) in [7, 11) is 0. The summed E-state index contributed by atoms with van der Waals surface area (Å²) in [6.07, 6.45) is -9.44. The van der Waals surface area contributed by atoms with Crippen molar-refractivity contribution in [2.24, 2.45) is 17.3 Å². The predicted molar refractivity (Wildman–Crippen MR) is 177 cm³/mol. The van der Waals surface area contributed by atoms with Gasteiger partial charge in [-0.15, -0.1) is 0 Å². The highest BCUT2D eigenvalue weighted by Gasteiger charge is 2.75. The number of ketones is 1. The predicted octanol–water partition coefficient (Wildman–Crippen LogP) is 1.35. The molecule has 17 heteroatoms. The van der Waals surface area contributed by atoms with Crippen LogP contribution < -0.4 is 0 Å². The van der Waals surface area contributed by atoms with Crippen molar-refractivity contribution < 1.29 is 81.7 Å². The molecular formula is C36H50O17. The summed E-state index contributed by atoms with van der Waals surface area (Å²) in [6.45, 7) is 13.1. The SMILES string of the molecule is CC(=O)O[C@H]1[C@@H](OC(C)=O)C(C)(C)C=C[C@@](C)(O)C(=O)[C@@]2(O)C[C@@](C)(OC(C)=O)[C@H](OC(C)=O)[C@@H]2[C@H]2OC(=O)CC[C@@]2(OC(C)=O)[C@@H]1OC(=O)C(C)C. The molecule has 1 saturated carbocycles. The molecule has 0 aromatic heterocycles. The minimum Gasteiger partial charge on any atom is -0.458 e. The molecule has 3 rings (SSSR count). The van der Waals surface area contributed by atoms with Crippen molar-refractivity contribution in [3.05, 3.63) is 12.2 Å². The van der Waals surface area contributed by atoms with E-state index < -0.39 is 137 Å². The molecule has 0 aromatic rings. The van der Waals surface area contributed by atoms with Crippen molar-refractivity contribution in [2.75, 3.05) is 0 Å². The molecule has 2 aliphatic carbocycles. The van der Waals surface area contributed by atoms with Gasteiger partial charge in [-0.1, -0.05) is 33.8 Å². The van der Waals surface area contributed by atoms with E-state index in [4.69, 9.17) is 33.2 Å². The maximum Gasteiger partial charge on any atom is 0.308 e. The van der Waals surface area contributed by atoms with Crippen LogP contribution in [-0.2, 0) is 71.5 Å². The molecule has 0 aromatic carbocycles. The maximum absolute atomic E-state index is 14.7. The summed E-state index contributed by atoms with van der Waals surface area (Å²) in [5.41, 5.74) is -11.7. The Hall–Kier alpha value is -4.38. The molecule has 10 atom stereocenters. The summed E-state index contributed by atoms with van der Waals surface area (Å²) in [4.78, 5) is 106. The van der Waals surface area contributed by atoms with Gasteiger partial charge in [0.05, 0.1) is 11.8 Å². The zero-order valence-electron chi connectivity index (χ0n) is 31.8. The minimum atomic E-state index is -2.95. The van der Waals surface area contributed by atoms with Crippen LogP contribution in [0, 0.1) is 17.3 Å². The number of esters is 7.